The van der Waals surface area contributed by atoms with Gasteiger partial charge in [-0.05, 0) is 43.0 Å². The van der Waals surface area contributed by atoms with E-state index in [2.05, 4.69) is 0 Å². The Labute approximate surface area is 113 Å². The molecule has 98 valence electrons. The molecule has 1 atom stereocenters. The first-order valence-electron chi connectivity index (χ1n) is 6.36. The molecule has 19 heavy (non-hydrogen) atoms. The topological polar surface area (TPSA) is 37.3 Å². The molecule has 0 heterocycles. The molecule has 0 radical (unpaired) electrons. The molecule has 0 aliphatic carbocycles. The van der Waals surface area contributed by atoms with Crippen LogP contribution in [0.25, 0.3) is 0 Å². The van der Waals surface area contributed by atoms with E-state index in [-0.39, 0.29) is 0 Å². The number of carboxylic acids is 1. The van der Waals surface area contributed by atoms with E-state index in [9.17, 15) is 9.90 Å². The zero-order chi connectivity index (χ0) is 14.0. The minimum absolute atomic E-state index is 0.596. The maximum absolute atomic E-state index is 11.7. The van der Waals surface area contributed by atoms with Gasteiger partial charge in [0.2, 0.25) is 0 Å². The first kappa shape index (κ1) is 13.3. The van der Waals surface area contributed by atoms with Gasteiger partial charge in [-0.25, -0.2) is 0 Å². The van der Waals surface area contributed by atoms with Gasteiger partial charge in [0.15, 0.2) is 0 Å². The zero-order valence-electron chi connectivity index (χ0n) is 11.5. The average molecular weight is 254 g/mol. The number of rotatable bonds is 3. The van der Waals surface area contributed by atoms with E-state index in [1.54, 1.807) is 0 Å². The lowest BCUT2D eigenvalue weighted by Gasteiger charge is -2.19. The molecule has 2 heteroatoms. The summed E-state index contributed by atoms with van der Waals surface area (Å²) < 4.78 is 0. The molecule has 1 N–H and O–H groups in total. The van der Waals surface area contributed by atoms with Crippen molar-refractivity contribution in [2.75, 3.05) is 0 Å². The van der Waals surface area contributed by atoms with Crippen LogP contribution in [0.15, 0.2) is 42.5 Å². The lowest BCUT2D eigenvalue weighted by molar-refractivity contribution is -0.137. The van der Waals surface area contributed by atoms with E-state index in [1.807, 2.05) is 63.2 Å². The van der Waals surface area contributed by atoms with Gasteiger partial charge in [-0.3, -0.25) is 4.79 Å². The molecule has 0 unspecified atom stereocenters. The monoisotopic (exact) mass is 254 g/mol. The molecule has 0 aliphatic heterocycles. The smallest absolute Gasteiger partial charge is 0.315 e. The van der Waals surface area contributed by atoms with Gasteiger partial charge in [-0.15, -0.1) is 0 Å². The Hall–Kier alpha value is -2.09. The summed E-state index contributed by atoms with van der Waals surface area (Å²) in [6.45, 7) is 5.99. The van der Waals surface area contributed by atoms with Crippen LogP contribution in [0, 0.1) is 20.8 Å². The molecule has 0 amide bonds. The maximum Gasteiger partial charge on any atom is 0.315 e. The van der Waals surface area contributed by atoms with Gasteiger partial charge >= 0.3 is 5.97 Å². The second kappa shape index (κ2) is 5.27. The van der Waals surface area contributed by atoms with E-state index in [1.165, 1.54) is 0 Å². The van der Waals surface area contributed by atoms with Crippen molar-refractivity contribution in [2.45, 2.75) is 26.7 Å². The molecule has 2 aromatic rings. The van der Waals surface area contributed by atoms with Crippen molar-refractivity contribution in [3.63, 3.8) is 0 Å². The summed E-state index contributed by atoms with van der Waals surface area (Å²) >= 11 is 0. The summed E-state index contributed by atoms with van der Waals surface area (Å²) in [4.78, 5) is 11.7. The highest BCUT2D eigenvalue weighted by atomic mass is 16.4. The minimum Gasteiger partial charge on any atom is -0.481 e. The Morgan fingerprint density at radius 1 is 1.00 bits per heavy atom. The van der Waals surface area contributed by atoms with Crippen molar-refractivity contribution in [2.24, 2.45) is 0 Å². The predicted molar refractivity (Wildman–Crippen MR) is 76.6 cm³/mol. The second-order valence-electron chi connectivity index (χ2n) is 4.99. The highest BCUT2D eigenvalue weighted by Crippen LogP contribution is 2.31. The van der Waals surface area contributed by atoms with Crippen LogP contribution < -0.4 is 0 Å². The van der Waals surface area contributed by atoms with Gasteiger partial charge in [0.05, 0.1) is 0 Å². The molecular weight excluding hydrogens is 236 g/mol. The van der Waals surface area contributed by atoms with Crippen LogP contribution in [-0.4, -0.2) is 11.1 Å². The SMILES string of the molecule is Cc1cc(C)c([C@H](C(=O)O)c2ccccc2)c(C)c1. The quantitative estimate of drug-likeness (QED) is 0.903. The van der Waals surface area contributed by atoms with Crippen LogP contribution in [0.1, 0.15) is 33.7 Å². The lowest BCUT2D eigenvalue weighted by Crippen LogP contribution is -2.15. The van der Waals surface area contributed by atoms with Gasteiger partial charge in [0.1, 0.15) is 5.92 Å². The van der Waals surface area contributed by atoms with Crippen molar-refractivity contribution < 1.29 is 9.90 Å². The Kier molecular flexibility index (Phi) is 3.70. The van der Waals surface area contributed by atoms with E-state index in [0.29, 0.717) is 0 Å². The maximum atomic E-state index is 11.7. The average Bonchev–Trinajstić information content (AvgIpc) is 2.34. The minimum atomic E-state index is -0.804. The van der Waals surface area contributed by atoms with E-state index in [0.717, 1.165) is 27.8 Å². The highest BCUT2D eigenvalue weighted by Gasteiger charge is 2.25. The van der Waals surface area contributed by atoms with Crippen LogP contribution in [0.3, 0.4) is 0 Å². The summed E-state index contributed by atoms with van der Waals surface area (Å²) in [6.07, 6.45) is 0. The van der Waals surface area contributed by atoms with Gasteiger partial charge in [0.25, 0.3) is 0 Å². The summed E-state index contributed by atoms with van der Waals surface area (Å²) in [6, 6.07) is 13.5. The third kappa shape index (κ3) is 2.68. The second-order valence-corrected chi connectivity index (χ2v) is 4.99. The number of aryl methyl sites for hydroxylation is 3. The number of benzene rings is 2. The molecule has 2 aromatic carbocycles. The van der Waals surface area contributed by atoms with Gasteiger partial charge in [0, 0.05) is 0 Å². The normalized spacial score (nSPS) is 12.2. The van der Waals surface area contributed by atoms with Crippen LogP contribution >= 0.6 is 0 Å². The molecular formula is C17H18O2. The largest absolute Gasteiger partial charge is 0.481 e. The van der Waals surface area contributed by atoms with Crippen molar-refractivity contribution in [3.05, 3.63) is 70.3 Å². The molecule has 2 nitrogen and oxygen atoms in total. The first-order valence-corrected chi connectivity index (χ1v) is 6.36. The van der Waals surface area contributed by atoms with Gasteiger partial charge < -0.3 is 5.11 Å². The Morgan fingerprint density at radius 3 is 2.00 bits per heavy atom. The fourth-order valence-corrected chi connectivity index (χ4v) is 2.72. The molecule has 0 saturated heterocycles. The summed E-state index contributed by atoms with van der Waals surface area (Å²) in [5.41, 5.74) is 4.97. The first-order chi connectivity index (χ1) is 9.00. The number of aliphatic carboxylic acids is 1. The summed E-state index contributed by atoms with van der Waals surface area (Å²) in [5, 5.41) is 9.60. The van der Waals surface area contributed by atoms with Crippen LogP contribution in [0.2, 0.25) is 0 Å². The molecule has 2 rings (SSSR count). The fraction of sp³-hybridized carbons (Fsp3) is 0.235. The summed E-state index contributed by atoms with van der Waals surface area (Å²) in [5.74, 6) is -1.40. The Morgan fingerprint density at radius 2 is 1.53 bits per heavy atom. The molecule has 0 aliphatic rings. The molecule has 0 fully saturated rings. The third-order valence-corrected chi connectivity index (χ3v) is 3.41. The number of hydrogen-bond acceptors (Lipinski definition) is 1. The van der Waals surface area contributed by atoms with E-state index in [4.69, 9.17) is 0 Å². The summed E-state index contributed by atoms with van der Waals surface area (Å²) in [7, 11) is 0. The van der Waals surface area contributed by atoms with Crippen molar-refractivity contribution in [3.8, 4) is 0 Å². The standard InChI is InChI=1S/C17H18O2/c1-11-9-12(2)15(13(3)10-11)16(17(18)19)14-7-5-4-6-8-14/h4-10,16H,1-3H3,(H,18,19)/t16-/m1/s1. The van der Waals surface area contributed by atoms with Crippen LogP contribution in [0.4, 0.5) is 0 Å². The molecule has 0 bridgehead atoms. The van der Waals surface area contributed by atoms with Gasteiger partial charge in [-0.2, -0.15) is 0 Å². The number of hydrogen-bond donors (Lipinski definition) is 1. The third-order valence-electron chi connectivity index (χ3n) is 3.41. The zero-order valence-corrected chi connectivity index (χ0v) is 11.5. The Balaban J connectivity index is 2.62. The van der Waals surface area contributed by atoms with Crippen LogP contribution in [-0.2, 0) is 4.79 Å². The van der Waals surface area contributed by atoms with E-state index < -0.39 is 11.9 Å². The molecule has 0 aromatic heterocycles. The van der Waals surface area contributed by atoms with Gasteiger partial charge in [-0.1, -0.05) is 48.0 Å². The molecule has 0 spiro atoms. The van der Waals surface area contributed by atoms with Crippen molar-refractivity contribution in [1.82, 2.24) is 0 Å². The Bertz CT molecular complexity index is 577. The lowest BCUT2D eigenvalue weighted by atomic mass is 9.85. The highest BCUT2D eigenvalue weighted by molar-refractivity contribution is 5.81. The van der Waals surface area contributed by atoms with Crippen molar-refractivity contribution in [1.29, 1.82) is 0 Å². The molecule has 0 saturated carbocycles. The van der Waals surface area contributed by atoms with E-state index >= 15 is 0 Å². The number of carbonyl (C=O) groups is 1. The van der Waals surface area contributed by atoms with Crippen molar-refractivity contribution >= 4 is 5.97 Å². The predicted octanol–water partition coefficient (Wildman–Crippen LogP) is 3.83. The fourth-order valence-electron chi connectivity index (χ4n) is 2.72. The number of carboxylic acid groups (broad SMARTS) is 1. The van der Waals surface area contributed by atoms with Crippen LogP contribution in [0.5, 0.6) is 0 Å².